The molecule has 1 amide bonds. The molecule has 2 aromatic rings. The van der Waals surface area contributed by atoms with Gasteiger partial charge < -0.3 is 15.3 Å². The summed E-state index contributed by atoms with van der Waals surface area (Å²) in [6, 6.07) is 7.35. The molecule has 0 bridgehead atoms. The highest BCUT2D eigenvalue weighted by molar-refractivity contribution is 7.10. The molecular weight excluding hydrogens is 322 g/mol. The van der Waals surface area contributed by atoms with Gasteiger partial charge in [-0.1, -0.05) is 6.07 Å². The fourth-order valence-electron chi connectivity index (χ4n) is 2.95. The summed E-state index contributed by atoms with van der Waals surface area (Å²) in [5, 5.41) is 15.3. The lowest BCUT2D eigenvalue weighted by molar-refractivity contribution is 0.0557. The molecule has 24 heavy (non-hydrogen) atoms. The number of aromatic nitrogens is 1. The lowest BCUT2D eigenvalue weighted by Gasteiger charge is -2.29. The molecule has 2 N–H and O–H groups in total. The van der Waals surface area contributed by atoms with E-state index < -0.39 is 5.60 Å². The van der Waals surface area contributed by atoms with Crippen LogP contribution in [0.3, 0.4) is 0 Å². The molecule has 1 atom stereocenters. The second kappa shape index (κ2) is 7.32. The molecule has 1 saturated heterocycles. The Morgan fingerprint density at radius 2 is 2.12 bits per heavy atom. The Balaban J connectivity index is 1.71. The number of aliphatic hydroxyl groups is 1. The molecule has 3 rings (SSSR count). The van der Waals surface area contributed by atoms with E-state index in [1.807, 2.05) is 17.5 Å². The average Bonchev–Trinajstić information content (AvgIpc) is 3.16. The van der Waals surface area contributed by atoms with Crippen LogP contribution in [0, 0.1) is 0 Å². The summed E-state index contributed by atoms with van der Waals surface area (Å²) in [5.41, 5.74) is -0.501. The highest BCUT2D eigenvalue weighted by Gasteiger charge is 2.26. The minimum absolute atomic E-state index is 0.167. The maximum absolute atomic E-state index is 12.6. The van der Waals surface area contributed by atoms with Crippen molar-refractivity contribution in [3.8, 4) is 0 Å². The number of nitrogens with zero attached hydrogens (tertiary/aromatic N) is 2. The van der Waals surface area contributed by atoms with Crippen molar-refractivity contribution in [2.45, 2.75) is 31.8 Å². The van der Waals surface area contributed by atoms with Crippen LogP contribution in [0.4, 0.5) is 5.82 Å². The van der Waals surface area contributed by atoms with Crippen LogP contribution in [0.5, 0.6) is 0 Å². The van der Waals surface area contributed by atoms with Crippen molar-refractivity contribution in [1.29, 1.82) is 0 Å². The molecule has 0 aromatic carbocycles. The number of carbonyl (C=O) groups excluding carboxylic acids is 1. The van der Waals surface area contributed by atoms with Crippen LogP contribution in [0.2, 0.25) is 0 Å². The van der Waals surface area contributed by atoms with Gasteiger partial charge in [0.05, 0.1) is 12.1 Å². The van der Waals surface area contributed by atoms with Gasteiger partial charge in [0, 0.05) is 24.2 Å². The normalized spacial score (nSPS) is 17.3. The van der Waals surface area contributed by atoms with Gasteiger partial charge in [0.15, 0.2) is 0 Å². The first-order valence-electron chi connectivity index (χ1n) is 8.32. The van der Waals surface area contributed by atoms with Crippen LogP contribution in [-0.4, -0.2) is 35.6 Å². The van der Waals surface area contributed by atoms with E-state index in [0.717, 1.165) is 36.6 Å². The number of anilines is 1. The quantitative estimate of drug-likeness (QED) is 0.874. The zero-order chi connectivity index (χ0) is 17.0. The van der Waals surface area contributed by atoms with Crippen LogP contribution in [-0.2, 0) is 5.60 Å². The monoisotopic (exact) mass is 345 g/mol. The highest BCUT2D eigenvalue weighted by Crippen LogP contribution is 2.25. The summed E-state index contributed by atoms with van der Waals surface area (Å²) in [7, 11) is 0. The Kier molecular flexibility index (Phi) is 5.16. The van der Waals surface area contributed by atoms with E-state index in [0.29, 0.717) is 5.56 Å². The van der Waals surface area contributed by atoms with Gasteiger partial charge in [-0.3, -0.25) is 4.79 Å². The van der Waals surface area contributed by atoms with E-state index in [2.05, 4.69) is 15.2 Å². The number of hydrogen-bond donors (Lipinski definition) is 2. The van der Waals surface area contributed by atoms with Crippen LogP contribution in [0.25, 0.3) is 0 Å². The van der Waals surface area contributed by atoms with Crippen LogP contribution in [0.1, 0.15) is 41.4 Å². The van der Waals surface area contributed by atoms with Crippen molar-refractivity contribution >= 4 is 23.1 Å². The molecule has 3 heterocycles. The fourth-order valence-corrected chi connectivity index (χ4v) is 3.74. The van der Waals surface area contributed by atoms with E-state index in [1.165, 1.54) is 17.8 Å². The standard InChI is InChI=1S/C18H23N3O2S/c1-18(23,15-8-6-12-24-15)13-20-17(22)14-7-5-9-19-16(14)21-10-3-2-4-11-21/h5-9,12,23H,2-4,10-11,13H2,1H3,(H,20,22). The van der Waals surface area contributed by atoms with Crippen molar-refractivity contribution in [2.75, 3.05) is 24.5 Å². The van der Waals surface area contributed by atoms with Gasteiger partial charge >= 0.3 is 0 Å². The topological polar surface area (TPSA) is 65.5 Å². The largest absolute Gasteiger partial charge is 0.383 e. The molecule has 1 aliphatic rings. The fraction of sp³-hybridized carbons (Fsp3) is 0.444. The Morgan fingerprint density at radius 1 is 1.33 bits per heavy atom. The third-order valence-electron chi connectivity index (χ3n) is 4.33. The first-order chi connectivity index (χ1) is 11.6. The first-order valence-corrected chi connectivity index (χ1v) is 9.20. The molecule has 0 saturated carbocycles. The Morgan fingerprint density at radius 3 is 2.83 bits per heavy atom. The third-order valence-corrected chi connectivity index (χ3v) is 5.46. The van der Waals surface area contributed by atoms with Gasteiger partial charge in [-0.15, -0.1) is 11.3 Å². The van der Waals surface area contributed by atoms with Crippen molar-refractivity contribution < 1.29 is 9.90 Å². The van der Waals surface area contributed by atoms with Crippen LogP contribution in [0.15, 0.2) is 35.8 Å². The molecule has 1 fully saturated rings. The highest BCUT2D eigenvalue weighted by atomic mass is 32.1. The van der Waals surface area contributed by atoms with Crippen molar-refractivity contribution in [3.05, 3.63) is 46.3 Å². The molecule has 1 unspecified atom stereocenters. The molecule has 0 aliphatic carbocycles. The van der Waals surface area contributed by atoms with E-state index in [9.17, 15) is 9.90 Å². The van der Waals surface area contributed by atoms with Gasteiger partial charge in [0.25, 0.3) is 5.91 Å². The number of amides is 1. The summed E-state index contributed by atoms with van der Waals surface area (Å²) in [6.07, 6.45) is 5.21. The molecule has 2 aromatic heterocycles. The SMILES string of the molecule is CC(O)(CNC(=O)c1cccnc1N1CCCCC1)c1cccs1. The Labute approximate surface area is 146 Å². The van der Waals surface area contributed by atoms with Gasteiger partial charge in [-0.25, -0.2) is 4.98 Å². The zero-order valence-electron chi connectivity index (χ0n) is 13.9. The van der Waals surface area contributed by atoms with E-state index in [-0.39, 0.29) is 12.5 Å². The lowest BCUT2D eigenvalue weighted by atomic mass is 10.0. The molecule has 5 nitrogen and oxygen atoms in total. The van der Waals surface area contributed by atoms with E-state index in [4.69, 9.17) is 0 Å². The van der Waals surface area contributed by atoms with Gasteiger partial charge in [0.2, 0.25) is 0 Å². The number of hydrogen-bond acceptors (Lipinski definition) is 5. The average molecular weight is 345 g/mol. The van der Waals surface area contributed by atoms with E-state index >= 15 is 0 Å². The second-order valence-electron chi connectivity index (χ2n) is 6.36. The molecule has 128 valence electrons. The second-order valence-corrected chi connectivity index (χ2v) is 7.30. The predicted octanol–water partition coefficient (Wildman–Crippen LogP) is 2.77. The number of piperidine rings is 1. The van der Waals surface area contributed by atoms with Gasteiger partial charge in [-0.05, 0) is 49.8 Å². The molecular formula is C18H23N3O2S. The molecule has 0 radical (unpaired) electrons. The number of pyridine rings is 1. The summed E-state index contributed by atoms with van der Waals surface area (Å²) >= 11 is 1.48. The lowest BCUT2D eigenvalue weighted by Crippen LogP contribution is -2.39. The Hall–Kier alpha value is -1.92. The number of carbonyl (C=O) groups is 1. The van der Waals surface area contributed by atoms with Crippen molar-refractivity contribution in [2.24, 2.45) is 0 Å². The van der Waals surface area contributed by atoms with Crippen LogP contribution >= 0.6 is 11.3 Å². The van der Waals surface area contributed by atoms with E-state index in [1.54, 1.807) is 25.3 Å². The maximum atomic E-state index is 12.6. The minimum atomic E-state index is -1.07. The number of rotatable bonds is 5. The smallest absolute Gasteiger partial charge is 0.255 e. The summed E-state index contributed by atoms with van der Waals surface area (Å²) in [4.78, 5) is 20.1. The van der Waals surface area contributed by atoms with Gasteiger partial charge in [-0.2, -0.15) is 0 Å². The van der Waals surface area contributed by atoms with Crippen LogP contribution < -0.4 is 10.2 Å². The number of thiophene rings is 1. The maximum Gasteiger partial charge on any atom is 0.255 e. The summed E-state index contributed by atoms with van der Waals surface area (Å²) in [5.74, 6) is 0.547. The third kappa shape index (κ3) is 3.76. The van der Waals surface area contributed by atoms with Gasteiger partial charge in [0.1, 0.15) is 11.4 Å². The first kappa shape index (κ1) is 16.9. The van der Waals surface area contributed by atoms with Crippen molar-refractivity contribution in [1.82, 2.24) is 10.3 Å². The molecule has 6 heteroatoms. The predicted molar refractivity (Wildman–Crippen MR) is 96.5 cm³/mol. The number of nitrogens with one attached hydrogen (secondary N) is 1. The summed E-state index contributed by atoms with van der Waals surface area (Å²) in [6.45, 7) is 3.75. The molecule has 1 aliphatic heterocycles. The zero-order valence-corrected chi connectivity index (χ0v) is 14.7. The van der Waals surface area contributed by atoms with Crippen molar-refractivity contribution in [3.63, 3.8) is 0 Å². The molecule has 0 spiro atoms. The minimum Gasteiger partial charge on any atom is -0.383 e. The Bertz CT molecular complexity index is 679. The summed E-state index contributed by atoms with van der Waals surface area (Å²) < 4.78 is 0.